The Morgan fingerprint density at radius 3 is 2.61 bits per heavy atom. The quantitative estimate of drug-likeness (QED) is 0.512. The maximum Gasteiger partial charge on any atom is 0.268 e. The molecule has 0 radical (unpaired) electrons. The lowest BCUT2D eigenvalue weighted by Crippen LogP contribution is -2.43. The first-order valence-corrected chi connectivity index (χ1v) is 12.8. The predicted molar refractivity (Wildman–Crippen MR) is 135 cm³/mol. The summed E-state index contributed by atoms with van der Waals surface area (Å²) in [5, 5.41) is 0. The summed E-state index contributed by atoms with van der Waals surface area (Å²) in [6, 6.07) is 10.3. The summed E-state index contributed by atoms with van der Waals surface area (Å²) in [6.07, 6.45) is 2.20. The average molecular weight is 514 g/mol. The average Bonchev–Trinajstić information content (AvgIpc) is 3.10. The Morgan fingerprint density at radius 2 is 1.97 bits per heavy atom. The highest BCUT2D eigenvalue weighted by atomic mass is 32.2. The Hall–Kier alpha value is -3.73. The fourth-order valence-electron chi connectivity index (χ4n) is 4.32. The first-order chi connectivity index (χ1) is 17.0. The number of methoxy groups -OCH3 is 1. The molecular formula is C25H28FN5O4S. The van der Waals surface area contributed by atoms with Crippen molar-refractivity contribution in [2.24, 2.45) is 5.92 Å². The van der Waals surface area contributed by atoms with Gasteiger partial charge >= 0.3 is 0 Å². The van der Waals surface area contributed by atoms with Crippen molar-refractivity contribution in [2.75, 3.05) is 24.3 Å². The summed E-state index contributed by atoms with van der Waals surface area (Å²) in [5.41, 5.74) is 5.85. The minimum absolute atomic E-state index is 0.0373. The van der Waals surface area contributed by atoms with E-state index in [9.17, 15) is 13.2 Å². The van der Waals surface area contributed by atoms with Gasteiger partial charge in [-0.05, 0) is 62.6 Å². The highest BCUT2D eigenvalue weighted by molar-refractivity contribution is 7.90. The molecule has 0 spiro atoms. The first-order valence-electron chi connectivity index (χ1n) is 11.4. The van der Waals surface area contributed by atoms with Gasteiger partial charge in [0.1, 0.15) is 16.5 Å². The van der Waals surface area contributed by atoms with Crippen LogP contribution in [0.3, 0.4) is 0 Å². The van der Waals surface area contributed by atoms with Crippen molar-refractivity contribution in [1.82, 2.24) is 14.7 Å². The van der Waals surface area contributed by atoms with E-state index in [1.165, 1.54) is 43.6 Å². The van der Waals surface area contributed by atoms with Crippen LogP contribution in [-0.4, -0.2) is 43.5 Å². The number of amides is 1. The fourth-order valence-corrected chi connectivity index (χ4v) is 5.37. The molecule has 1 atom stereocenters. The molecule has 3 heterocycles. The minimum atomic E-state index is -4.31. The van der Waals surface area contributed by atoms with Crippen LogP contribution in [0.4, 0.5) is 16.0 Å². The zero-order valence-corrected chi connectivity index (χ0v) is 21.3. The summed E-state index contributed by atoms with van der Waals surface area (Å²) >= 11 is 0. The Balaban J connectivity index is 1.82. The molecule has 1 unspecified atom stereocenters. The van der Waals surface area contributed by atoms with Crippen LogP contribution in [-0.2, 0) is 10.0 Å². The van der Waals surface area contributed by atoms with Crippen LogP contribution >= 0.6 is 0 Å². The van der Waals surface area contributed by atoms with E-state index in [0.717, 1.165) is 6.42 Å². The van der Waals surface area contributed by atoms with Gasteiger partial charge in [0.2, 0.25) is 0 Å². The van der Waals surface area contributed by atoms with Crippen molar-refractivity contribution in [3.63, 3.8) is 0 Å². The van der Waals surface area contributed by atoms with Crippen LogP contribution in [0.5, 0.6) is 5.75 Å². The normalized spacial score (nSPS) is 17.1. The number of benzene rings is 1. The van der Waals surface area contributed by atoms with E-state index in [-0.39, 0.29) is 50.6 Å². The third kappa shape index (κ3) is 4.46. The zero-order chi connectivity index (χ0) is 26.3. The maximum atomic E-state index is 15.0. The van der Waals surface area contributed by atoms with E-state index < -0.39 is 21.7 Å². The van der Waals surface area contributed by atoms with Crippen molar-refractivity contribution in [3.8, 4) is 17.0 Å². The molecule has 2 aromatic heterocycles. The molecule has 0 bridgehead atoms. The number of carbonyl (C=O) groups is 1. The van der Waals surface area contributed by atoms with E-state index in [1.807, 2.05) is 18.7 Å². The van der Waals surface area contributed by atoms with E-state index in [4.69, 9.17) is 10.5 Å². The van der Waals surface area contributed by atoms with Crippen molar-refractivity contribution < 1.29 is 22.3 Å². The highest BCUT2D eigenvalue weighted by Gasteiger charge is 2.41. The summed E-state index contributed by atoms with van der Waals surface area (Å²) in [4.78, 5) is 23.4. The second-order valence-electron chi connectivity index (χ2n) is 9.21. The van der Waals surface area contributed by atoms with Crippen LogP contribution in [0.25, 0.3) is 11.3 Å². The predicted octanol–water partition coefficient (Wildman–Crippen LogP) is 3.62. The lowest BCUT2D eigenvalue weighted by atomic mass is 9.90. The molecule has 1 aliphatic heterocycles. The fraction of sp³-hybridized carbons (Fsp3) is 0.320. The van der Waals surface area contributed by atoms with Gasteiger partial charge in [0.15, 0.2) is 11.6 Å². The van der Waals surface area contributed by atoms with Crippen LogP contribution in [0.2, 0.25) is 0 Å². The number of anilines is 2. The molecule has 0 aliphatic carbocycles. The second kappa shape index (κ2) is 9.38. The highest BCUT2D eigenvalue weighted by Crippen LogP contribution is 2.40. The second-order valence-corrected chi connectivity index (χ2v) is 10.9. The third-order valence-corrected chi connectivity index (χ3v) is 8.22. The maximum absolute atomic E-state index is 15.0. The number of nitrogens with two attached hydrogens (primary N) is 1. The van der Waals surface area contributed by atoms with Gasteiger partial charge in [-0.25, -0.2) is 27.5 Å². The van der Waals surface area contributed by atoms with Crippen molar-refractivity contribution >= 4 is 27.6 Å². The monoisotopic (exact) mass is 513 g/mol. The van der Waals surface area contributed by atoms with Crippen LogP contribution in [0.15, 0.2) is 53.6 Å². The molecule has 190 valence electrons. The number of ether oxygens (including phenoxy) is 1. The number of nitrogens with zero attached hydrogens (tertiary/aromatic N) is 3. The first kappa shape index (κ1) is 25.4. The number of halogens is 1. The van der Waals surface area contributed by atoms with E-state index >= 15 is 4.39 Å². The van der Waals surface area contributed by atoms with Crippen LogP contribution < -0.4 is 20.1 Å². The minimum Gasteiger partial charge on any atom is -0.494 e. The van der Waals surface area contributed by atoms with Gasteiger partial charge in [-0.3, -0.25) is 4.79 Å². The summed E-state index contributed by atoms with van der Waals surface area (Å²) in [5.74, 6) is -1.10. The van der Waals surface area contributed by atoms with Crippen molar-refractivity contribution in [3.05, 3.63) is 60.0 Å². The molecule has 1 amide bonds. The van der Waals surface area contributed by atoms with Crippen LogP contribution in [0, 0.1) is 11.7 Å². The van der Waals surface area contributed by atoms with Gasteiger partial charge < -0.3 is 15.4 Å². The van der Waals surface area contributed by atoms with Crippen molar-refractivity contribution in [2.45, 2.75) is 37.6 Å². The molecule has 11 heteroatoms. The van der Waals surface area contributed by atoms with Gasteiger partial charge in [-0.2, -0.15) is 0 Å². The zero-order valence-electron chi connectivity index (χ0n) is 20.4. The number of nitrogen functional groups attached to an aromatic ring is 1. The molecule has 1 aromatic carbocycles. The lowest BCUT2D eigenvalue weighted by Gasteiger charge is -2.36. The van der Waals surface area contributed by atoms with Gasteiger partial charge in [0, 0.05) is 23.8 Å². The van der Waals surface area contributed by atoms with Gasteiger partial charge in [0.25, 0.3) is 15.9 Å². The number of aromatic nitrogens is 2. The summed E-state index contributed by atoms with van der Waals surface area (Å²) in [6.45, 7) is 6.74. The van der Waals surface area contributed by atoms with E-state index in [2.05, 4.69) is 21.6 Å². The van der Waals surface area contributed by atoms with Crippen LogP contribution in [0.1, 0.15) is 37.6 Å². The summed E-state index contributed by atoms with van der Waals surface area (Å²) < 4.78 is 48.0. The Bertz CT molecular complexity index is 1430. The molecule has 1 saturated heterocycles. The molecule has 0 saturated carbocycles. The smallest absolute Gasteiger partial charge is 0.268 e. The number of rotatable bonds is 6. The number of carbonyl (C=O) groups excluding carboxylic acids is 1. The lowest BCUT2D eigenvalue weighted by molar-refractivity contribution is 0.0981. The SMILES string of the molecule is COc1cccc(-c2ccc(C(=O)NS(=O)(=O)c3cccnc3N)c(N3CCC(C)C3(C)C)n2)c1F. The third-order valence-electron chi connectivity index (χ3n) is 6.84. The standard InChI is InChI=1S/C25H28FN5O4S/c1-15-12-14-31(25(15,2)3)23-17(24(32)30-36(33,34)20-9-6-13-28-22(20)27)10-11-18(29-23)16-7-5-8-19(35-4)21(16)26/h5-11,13,15H,12,14H2,1-4H3,(H2,27,28)(H,30,32). The molecule has 36 heavy (non-hydrogen) atoms. The van der Waals surface area contributed by atoms with E-state index in [1.54, 1.807) is 12.1 Å². The van der Waals surface area contributed by atoms with Gasteiger partial charge in [-0.1, -0.05) is 13.0 Å². The number of hydrogen-bond donors (Lipinski definition) is 2. The van der Waals surface area contributed by atoms with Gasteiger partial charge in [0.05, 0.1) is 18.4 Å². The number of nitrogens with one attached hydrogen (secondary N) is 1. The van der Waals surface area contributed by atoms with Crippen molar-refractivity contribution in [1.29, 1.82) is 0 Å². The number of hydrogen-bond acceptors (Lipinski definition) is 8. The van der Waals surface area contributed by atoms with Gasteiger partial charge in [-0.15, -0.1) is 0 Å². The summed E-state index contributed by atoms with van der Waals surface area (Å²) in [7, 11) is -2.93. The molecule has 4 rings (SSSR count). The molecule has 1 fully saturated rings. The molecule has 3 aromatic rings. The Morgan fingerprint density at radius 1 is 1.22 bits per heavy atom. The number of sulfonamides is 1. The molecule has 9 nitrogen and oxygen atoms in total. The Labute approximate surface area is 209 Å². The Kier molecular flexibility index (Phi) is 6.61. The largest absolute Gasteiger partial charge is 0.494 e. The number of pyridine rings is 2. The molecule has 3 N–H and O–H groups in total. The molecular weight excluding hydrogens is 485 g/mol. The topological polar surface area (TPSA) is 128 Å². The van der Waals surface area contributed by atoms with E-state index in [0.29, 0.717) is 6.54 Å². The molecule has 1 aliphatic rings.